The predicted molar refractivity (Wildman–Crippen MR) is 135 cm³/mol. The summed E-state index contributed by atoms with van der Waals surface area (Å²) in [6, 6.07) is 14.5. The van der Waals surface area contributed by atoms with Crippen LogP contribution in [0.25, 0.3) is 16.5 Å². The summed E-state index contributed by atoms with van der Waals surface area (Å²) in [5.41, 5.74) is 4.27. The fourth-order valence-electron chi connectivity index (χ4n) is 4.82. The van der Waals surface area contributed by atoms with E-state index in [0.29, 0.717) is 25.3 Å². The van der Waals surface area contributed by atoms with Crippen LogP contribution in [0.3, 0.4) is 0 Å². The molecule has 2 aliphatic heterocycles. The van der Waals surface area contributed by atoms with Gasteiger partial charge < -0.3 is 10.3 Å². The molecule has 0 saturated carbocycles. The van der Waals surface area contributed by atoms with Crippen molar-refractivity contribution in [1.82, 2.24) is 14.2 Å². The highest BCUT2D eigenvalue weighted by molar-refractivity contribution is 7.89. The average molecular weight is 479 g/mol. The molecule has 2 N–H and O–H groups in total. The first-order valence-corrected chi connectivity index (χ1v) is 13.3. The van der Waals surface area contributed by atoms with Gasteiger partial charge in [-0.05, 0) is 62.1 Å². The number of benzene rings is 2. The van der Waals surface area contributed by atoms with E-state index in [9.17, 15) is 13.2 Å². The summed E-state index contributed by atoms with van der Waals surface area (Å²) >= 11 is 0. The first-order valence-electron chi connectivity index (χ1n) is 11.8. The number of anilines is 1. The molecule has 3 aromatic rings. The lowest BCUT2D eigenvalue weighted by Gasteiger charge is -2.31. The number of sulfonamides is 1. The Kier molecular flexibility index (Phi) is 6.29. The van der Waals surface area contributed by atoms with E-state index in [-0.39, 0.29) is 16.8 Å². The van der Waals surface area contributed by atoms with Crippen molar-refractivity contribution in [3.63, 3.8) is 0 Å². The molecule has 0 bridgehead atoms. The van der Waals surface area contributed by atoms with Crippen molar-refractivity contribution in [3.05, 3.63) is 66.4 Å². The van der Waals surface area contributed by atoms with Crippen LogP contribution >= 0.6 is 0 Å². The summed E-state index contributed by atoms with van der Waals surface area (Å²) in [4.78, 5) is 18.6. The molecular formula is C26H30N4O3S. The van der Waals surface area contributed by atoms with Crippen LogP contribution < -0.4 is 5.32 Å². The van der Waals surface area contributed by atoms with Gasteiger partial charge in [0.15, 0.2) is 0 Å². The number of hydrogen-bond donors (Lipinski definition) is 2. The number of aromatic amines is 1. The quantitative estimate of drug-likeness (QED) is 0.559. The van der Waals surface area contributed by atoms with E-state index < -0.39 is 10.0 Å². The summed E-state index contributed by atoms with van der Waals surface area (Å²) in [6.45, 7) is 4.56. The minimum Gasteiger partial charge on any atom is -0.361 e. The third kappa shape index (κ3) is 4.41. The van der Waals surface area contributed by atoms with Gasteiger partial charge in [0, 0.05) is 54.5 Å². The molecule has 8 heteroatoms. The Morgan fingerprint density at radius 1 is 1.03 bits per heavy atom. The molecule has 0 unspecified atom stereocenters. The maximum Gasteiger partial charge on any atom is 0.243 e. The van der Waals surface area contributed by atoms with Crippen molar-refractivity contribution in [2.75, 3.05) is 31.5 Å². The minimum absolute atomic E-state index is 0.0981. The van der Waals surface area contributed by atoms with Crippen LogP contribution in [-0.2, 0) is 14.8 Å². The zero-order valence-electron chi connectivity index (χ0n) is 19.3. The highest BCUT2D eigenvalue weighted by Crippen LogP contribution is 2.30. The van der Waals surface area contributed by atoms with Crippen LogP contribution in [0.1, 0.15) is 31.7 Å². The highest BCUT2D eigenvalue weighted by atomic mass is 32.2. The van der Waals surface area contributed by atoms with Gasteiger partial charge in [-0.25, -0.2) is 8.42 Å². The second-order valence-corrected chi connectivity index (χ2v) is 11.0. The molecule has 1 saturated heterocycles. The number of aromatic nitrogens is 1. The standard InChI is InChI=1S/C26H30N4O3S/c1-19(29-16-12-20(13-17-29)24-18-27-25-7-3-2-6-23(24)25)26(31)28-21-8-10-22(11-9-21)34(32,33)30-14-4-5-15-30/h2-3,6-12,18-19,27H,4-5,13-17H2,1H3,(H,28,31)/t19-/m0/s1. The Balaban J connectivity index is 1.21. The molecule has 2 aliphatic rings. The smallest absolute Gasteiger partial charge is 0.243 e. The number of H-pyrrole nitrogens is 1. The molecule has 0 spiro atoms. The molecule has 178 valence electrons. The zero-order valence-corrected chi connectivity index (χ0v) is 20.1. The van der Waals surface area contributed by atoms with Gasteiger partial charge >= 0.3 is 0 Å². The normalized spacial score (nSPS) is 18.7. The van der Waals surface area contributed by atoms with E-state index in [0.717, 1.165) is 31.3 Å². The van der Waals surface area contributed by atoms with Gasteiger partial charge in [0.1, 0.15) is 0 Å². The number of nitrogens with zero attached hydrogens (tertiary/aromatic N) is 2. The van der Waals surface area contributed by atoms with E-state index >= 15 is 0 Å². The molecule has 1 aromatic heterocycles. The van der Waals surface area contributed by atoms with Crippen molar-refractivity contribution >= 4 is 38.1 Å². The van der Waals surface area contributed by atoms with Gasteiger partial charge in [-0.1, -0.05) is 24.3 Å². The summed E-state index contributed by atoms with van der Waals surface area (Å²) in [5, 5.41) is 4.16. The Bertz CT molecular complexity index is 1320. The molecule has 1 amide bonds. The summed E-state index contributed by atoms with van der Waals surface area (Å²) in [6.07, 6.45) is 6.96. The van der Waals surface area contributed by atoms with E-state index in [1.54, 1.807) is 24.3 Å². The highest BCUT2D eigenvalue weighted by Gasteiger charge is 2.27. The van der Waals surface area contributed by atoms with Crippen molar-refractivity contribution < 1.29 is 13.2 Å². The van der Waals surface area contributed by atoms with Crippen molar-refractivity contribution in [3.8, 4) is 0 Å². The topological polar surface area (TPSA) is 85.5 Å². The SMILES string of the molecule is C[C@@H](C(=O)Nc1ccc(S(=O)(=O)N2CCCC2)cc1)N1CC=C(c2c[nH]c3ccccc23)CC1. The minimum atomic E-state index is -3.45. The second kappa shape index (κ2) is 9.37. The van der Waals surface area contributed by atoms with Gasteiger partial charge in [0.2, 0.25) is 15.9 Å². The summed E-state index contributed by atoms with van der Waals surface area (Å²) in [7, 11) is -3.45. The molecule has 5 rings (SSSR count). The third-order valence-electron chi connectivity index (χ3n) is 6.93. The van der Waals surface area contributed by atoms with Crippen LogP contribution in [0.5, 0.6) is 0 Å². The van der Waals surface area contributed by atoms with Crippen LogP contribution in [-0.4, -0.2) is 60.7 Å². The average Bonchev–Trinajstić information content (AvgIpc) is 3.55. The number of hydrogen-bond acceptors (Lipinski definition) is 4. The molecule has 2 aromatic carbocycles. The van der Waals surface area contributed by atoms with E-state index in [1.807, 2.05) is 13.0 Å². The van der Waals surface area contributed by atoms with Crippen LogP contribution in [0.4, 0.5) is 5.69 Å². The maximum absolute atomic E-state index is 12.9. The lowest BCUT2D eigenvalue weighted by Crippen LogP contribution is -2.44. The molecule has 1 fully saturated rings. The maximum atomic E-state index is 12.9. The first kappa shape index (κ1) is 22.8. The number of rotatable bonds is 6. The molecule has 7 nitrogen and oxygen atoms in total. The Morgan fingerprint density at radius 3 is 2.47 bits per heavy atom. The van der Waals surface area contributed by atoms with Gasteiger partial charge in [-0.2, -0.15) is 4.31 Å². The monoisotopic (exact) mass is 478 g/mol. The van der Waals surface area contributed by atoms with E-state index in [1.165, 1.54) is 20.8 Å². The summed E-state index contributed by atoms with van der Waals surface area (Å²) in [5.74, 6) is -0.0981. The number of carbonyl (C=O) groups excluding carboxylic acids is 1. The number of carbonyl (C=O) groups is 1. The summed E-state index contributed by atoms with van der Waals surface area (Å²) < 4.78 is 26.9. The molecule has 34 heavy (non-hydrogen) atoms. The number of para-hydroxylation sites is 1. The molecule has 3 heterocycles. The number of amides is 1. The van der Waals surface area contributed by atoms with Crippen molar-refractivity contribution in [2.45, 2.75) is 37.1 Å². The predicted octanol–water partition coefficient (Wildman–Crippen LogP) is 4.07. The van der Waals surface area contributed by atoms with Gasteiger partial charge in [0.05, 0.1) is 10.9 Å². The fourth-order valence-corrected chi connectivity index (χ4v) is 6.34. The first-order chi connectivity index (χ1) is 16.4. The second-order valence-electron chi connectivity index (χ2n) is 9.02. The Morgan fingerprint density at radius 2 is 1.76 bits per heavy atom. The molecule has 0 radical (unpaired) electrons. The fraction of sp³-hybridized carbons (Fsp3) is 0.346. The zero-order chi connectivity index (χ0) is 23.7. The lowest BCUT2D eigenvalue weighted by atomic mass is 9.98. The van der Waals surface area contributed by atoms with E-state index in [2.05, 4.69) is 45.7 Å². The number of fused-ring (bicyclic) bond motifs is 1. The van der Waals surface area contributed by atoms with Crippen LogP contribution in [0.15, 0.2) is 65.7 Å². The number of nitrogens with one attached hydrogen (secondary N) is 2. The molecule has 0 aliphatic carbocycles. The third-order valence-corrected chi connectivity index (χ3v) is 8.84. The molecule has 1 atom stereocenters. The van der Waals surface area contributed by atoms with Crippen LogP contribution in [0, 0.1) is 0 Å². The Hall–Kier alpha value is -2.94. The van der Waals surface area contributed by atoms with Gasteiger partial charge in [-0.3, -0.25) is 9.69 Å². The Labute approximate surface area is 200 Å². The van der Waals surface area contributed by atoms with Gasteiger partial charge in [-0.15, -0.1) is 0 Å². The van der Waals surface area contributed by atoms with E-state index in [4.69, 9.17) is 0 Å². The van der Waals surface area contributed by atoms with Crippen LogP contribution in [0.2, 0.25) is 0 Å². The van der Waals surface area contributed by atoms with Crippen molar-refractivity contribution in [2.24, 2.45) is 0 Å². The van der Waals surface area contributed by atoms with Crippen molar-refractivity contribution in [1.29, 1.82) is 0 Å². The largest absolute Gasteiger partial charge is 0.361 e. The molecular weight excluding hydrogens is 448 g/mol. The lowest BCUT2D eigenvalue weighted by molar-refractivity contribution is -0.120. The van der Waals surface area contributed by atoms with Gasteiger partial charge in [0.25, 0.3) is 0 Å².